The van der Waals surface area contributed by atoms with E-state index in [1.54, 1.807) is 16.9 Å². The van der Waals surface area contributed by atoms with Gasteiger partial charge in [0.2, 0.25) is 0 Å². The molecule has 0 spiro atoms. The summed E-state index contributed by atoms with van der Waals surface area (Å²) in [5.41, 5.74) is 5.49. The van der Waals surface area contributed by atoms with Crippen molar-refractivity contribution in [1.82, 2.24) is 19.7 Å². The molecule has 8 heteroatoms. The molecule has 4 heterocycles. The Kier molecular flexibility index (Phi) is 6.24. The number of aryl methyl sites for hydroxylation is 4. The first-order valence-electron chi connectivity index (χ1n) is 11.6. The number of aliphatic carboxylic acids is 1. The predicted molar refractivity (Wildman–Crippen MR) is 121 cm³/mol. The summed E-state index contributed by atoms with van der Waals surface area (Å²) in [6.07, 6.45) is 10.8. The van der Waals surface area contributed by atoms with Crippen molar-refractivity contribution in [2.75, 3.05) is 13.2 Å². The molecule has 3 aromatic heterocycles. The van der Waals surface area contributed by atoms with Crippen molar-refractivity contribution in [2.24, 2.45) is 0 Å². The Morgan fingerprint density at radius 1 is 1.09 bits per heavy atom. The smallest absolute Gasteiger partial charge is 0.305 e. The Balaban J connectivity index is 1.26. The molecule has 1 aliphatic heterocycles. The maximum atomic E-state index is 11.6. The van der Waals surface area contributed by atoms with Crippen LogP contribution in [0.4, 0.5) is 0 Å². The van der Waals surface area contributed by atoms with Crippen molar-refractivity contribution in [3.8, 4) is 11.6 Å². The largest absolute Gasteiger partial charge is 0.484 e. The van der Waals surface area contributed by atoms with Gasteiger partial charge in [-0.1, -0.05) is 6.07 Å². The summed E-state index contributed by atoms with van der Waals surface area (Å²) in [6.45, 7) is 0.911. The minimum absolute atomic E-state index is 0.0957. The van der Waals surface area contributed by atoms with E-state index in [4.69, 9.17) is 14.5 Å². The van der Waals surface area contributed by atoms with Gasteiger partial charge in [-0.05, 0) is 74.3 Å². The van der Waals surface area contributed by atoms with Crippen molar-refractivity contribution in [3.05, 3.63) is 64.9 Å². The first-order chi connectivity index (χ1) is 16.2. The first-order valence-corrected chi connectivity index (χ1v) is 11.6. The zero-order chi connectivity index (χ0) is 22.6. The molecule has 8 nitrogen and oxygen atoms in total. The third-order valence-corrected chi connectivity index (χ3v) is 6.26. The summed E-state index contributed by atoms with van der Waals surface area (Å²) in [7, 11) is 0. The SMILES string of the molecule is O=C(O)CC(c1cnc2c(c1)OCCO2)n1ccc(CCCc2ccc3c(n2)CCCC3)n1. The molecule has 1 N–H and O–H groups in total. The number of ether oxygens (including phenoxy) is 2. The van der Waals surface area contributed by atoms with Gasteiger partial charge in [-0.3, -0.25) is 14.5 Å². The highest BCUT2D eigenvalue weighted by Crippen LogP contribution is 2.32. The maximum Gasteiger partial charge on any atom is 0.305 e. The molecule has 0 fully saturated rings. The molecular weight excluding hydrogens is 420 g/mol. The lowest BCUT2D eigenvalue weighted by Gasteiger charge is -2.21. The van der Waals surface area contributed by atoms with Crippen LogP contribution in [0.5, 0.6) is 11.6 Å². The Labute approximate surface area is 192 Å². The number of carboxylic acids is 1. The van der Waals surface area contributed by atoms with E-state index in [2.05, 4.69) is 22.2 Å². The number of hydrogen-bond acceptors (Lipinski definition) is 6. The Hall–Kier alpha value is -3.42. The number of aromatic nitrogens is 4. The van der Waals surface area contributed by atoms with E-state index in [1.807, 2.05) is 12.3 Å². The molecule has 2 aliphatic rings. The van der Waals surface area contributed by atoms with Crippen LogP contribution < -0.4 is 9.47 Å². The molecule has 0 amide bonds. The molecule has 33 heavy (non-hydrogen) atoms. The van der Waals surface area contributed by atoms with Crippen LogP contribution in [-0.2, 0) is 30.5 Å². The maximum absolute atomic E-state index is 11.6. The van der Waals surface area contributed by atoms with E-state index < -0.39 is 12.0 Å². The number of pyridine rings is 2. The topological polar surface area (TPSA) is 99.4 Å². The van der Waals surface area contributed by atoms with Crippen molar-refractivity contribution in [2.45, 2.75) is 57.4 Å². The predicted octanol–water partition coefficient (Wildman–Crippen LogP) is 3.56. The van der Waals surface area contributed by atoms with Crippen LogP contribution in [-0.4, -0.2) is 44.0 Å². The van der Waals surface area contributed by atoms with Crippen LogP contribution in [0.1, 0.15) is 59.9 Å². The molecule has 0 aromatic carbocycles. The molecule has 1 atom stereocenters. The fourth-order valence-electron chi connectivity index (χ4n) is 4.56. The summed E-state index contributed by atoms with van der Waals surface area (Å²) in [6, 6.07) is 7.69. The van der Waals surface area contributed by atoms with Crippen molar-refractivity contribution in [3.63, 3.8) is 0 Å². The van der Waals surface area contributed by atoms with Gasteiger partial charge in [0.25, 0.3) is 5.88 Å². The van der Waals surface area contributed by atoms with Gasteiger partial charge in [-0.2, -0.15) is 5.10 Å². The molecule has 5 rings (SSSR count). The van der Waals surface area contributed by atoms with Crippen LogP contribution in [0.25, 0.3) is 0 Å². The zero-order valence-corrected chi connectivity index (χ0v) is 18.6. The van der Waals surface area contributed by atoms with E-state index in [-0.39, 0.29) is 6.42 Å². The van der Waals surface area contributed by atoms with Crippen molar-refractivity contribution >= 4 is 5.97 Å². The molecule has 0 saturated heterocycles. The van der Waals surface area contributed by atoms with Gasteiger partial charge >= 0.3 is 5.97 Å². The third kappa shape index (κ3) is 4.99. The number of nitrogens with zero attached hydrogens (tertiary/aromatic N) is 4. The molecule has 172 valence electrons. The number of carbonyl (C=O) groups is 1. The summed E-state index contributed by atoms with van der Waals surface area (Å²) in [5, 5.41) is 14.2. The summed E-state index contributed by atoms with van der Waals surface area (Å²) in [5.74, 6) is 0.0838. The monoisotopic (exact) mass is 448 g/mol. The van der Waals surface area contributed by atoms with E-state index in [1.165, 1.54) is 24.1 Å². The molecule has 0 bridgehead atoms. The lowest BCUT2D eigenvalue weighted by atomic mass is 9.95. The minimum atomic E-state index is -0.898. The Morgan fingerprint density at radius 2 is 1.94 bits per heavy atom. The highest BCUT2D eigenvalue weighted by molar-refractivity contribution is 5.68. The van der Waals surface area contributed by atoms with Gasteiger partial charge in [0.1, 0.15) is 13.2 Å². The van der Waals surface area contributed by atoms with Crippen molar-refractivity contribution < 1.29 is 19.4 Å². The second-order valence-corrected chi connectivity index (χ2v) is 8.64. The number of rotatable bonds is 8. The van der Waals surface area contributed by atoms with Gasteiger partial charge in [0, 0.05) is 23.8 Å². The first kappa shape index (κ1) is 21.4. The number of hydrogen-bond donors (Lipinski definition) is 1. The number of fused-ring (bicyclic) bond motifs is 2. The van der Waals surface area contributed by atoms with Crippen LogP contribution in [0.2, 0.25) is 0 Å². The third-order valence-electron chi connectivity index (χ3n) is 6.26. The summed E-state index contributed by atoms with van der Waals surface area (Å²) in [4.78, 5) is 20.7. The molecule has 3 aromatic rings. The van der Waals surface area contributed by atoms with Gasteiger partial charge in [0.05, 0.1) is 18.2 Å². The molecular formula is C25H28N4O4. The van der Waals surface area contributed by atoms with Gasteiger partial charge in [-0.15, -0.1) is 0 Å². The van der Waals surface area contributed by atoms with E-state index in [0.29, 0.717) is 24.8 Å². The van der Waals surface area contributed by atoms with Gasteiger partial charge in [0.15, 0.2) is 5.75 Å². The fourth-order valence-corrected chi connectivity index (χ4v) is 4.56. The molecule has 1 aliphatic carbocycles. The van der Waals surface area contributed by atoms with Crippen molar-refractivity contribution in [1.29, 1.82) is 0 Å². The second kappa shape index (κ2) is 9.60. The minimum Gasteiger partial charge on any atom is -0.484 e. The van der Waals surface area contributed by atoms with E-state index >= 15 is 0 Å². The molecule has 0 radical (unpaired) electrons. The summed E-state index contributed by atoms with van der Waals surface area (Å²) >= 11 is 0. The fraction of sp³-hybridized carbons (Fsp3) is 0.440. The lowest BCUT2D eigenvalue weighted by molar-refractivity contribution is -0.137. The van der Waals surface area contributed by atoms with E-state index in [0.717, 1.165) is 49.1 Å². The van der Waals surface area contributed by atoms with Crippen LogP contribution in [0, 0.1) is 0 Å². The molecule has 1 unspecified atom stereocenters. The number of carboxylic acid groups (broad SMARTS) is 1. The average Bonchev–Trinajstić information content (AvgIpc) is 3.30. The second-order valence-electron chi connectivity index (χ2n) is 8.64. The van der Waals surface area contributed by atoms with Crippen LogP contribution >= 0.6 is 0 Å². The molecule has 0 saturated carbocycles. The average molecular weight is 449 g/mol. The lowest BCUT2D eigenvalue weighted by Crippen LogP contribution is -2.19. The van der Waals surface area contributed by atoms with Crippen LogP contribution in [0.15, 0.2) is 36.7 Å². The highest BCUT2D eigenvalue weighted by Gasteiger charge is 2.23. The standard InChI is InChI=1S/C25H28N4O4/c30-24(31)15-22(18-14-23-25(26-16-18)33-13-12-32-23)29-11-10-20(28-29)6-3-5-19-9-8-17-4-1-2-7-21(17)27-19/h8-11,14,16,22H,1-7,12-13,15H2,(H,30,31). The summed E-state index contributed by atoms with van der Waals surface area (Å²) < 4.78 is 12.8. The normalized spacial score (nSPS) is 15.6. The highest BCUT2D eigenvalue weighted by atomic mass is 16.6. The van der Waals surface area contributed by atoms with Gasteiger partial charge in [-0.25, -0.2) is 4.98 Å². The Morgan fingerprint density at radius 3 is 2.85 bits per heavy atom. The van der Waals surface area contributed by atoms with Crippen LogP contribution in [0.3, 0.4) is 0 Å². The Bertz CT molecular complexity index is 1140. The van der Waals surface area contributed by atoms with Gasteiger partial charge < -0.3 is 14.6 Å². The zero-order valence-electron chi connectivity index (χ0n) is 18.6. The quantitative estimate of drug-likeness (QED) is 0.562. The van der Waals surface area contributed by atoms with E-state index in [9.17, 15) is 9.90 Å².